The van der Waals surface area contributed by atoms with Gasteiger partial charge in [-0.3, -0.25) is 0 Å². The van der Waals surface area contributed by atoms with Crippen molar-refractivity contribution in [1.29, 1.82) is 0 Å². The van der Waals surface area contributed by atoms with Crippen LogP contribution in [0.3, 0.4) is 0 Å². The maximum Gasteiger partial charge on any atom is 0.407 e. The fraction of sp³-hybridized carbons (Fsp3) is 0.512. The standard InChI is InChI=1S/C84H108N6O24Si/c1-84(2,3)115(4,5)107-51-63-72(113-76-64(89-82(98)105-48-55-33-19-9-20-34-55)68(93)67(92)61(108-76)44-86-79(95)102-45-52-27-13-6-14-28-52)74(100-42-41-85-58-39-25-12-26-40-58)78(110-63)114-73-66(91)59(87-80(96)103-46-53-29-15-7-16-30-53)43-60(88-81(97)104-47-54-31-17-8-18-32-54)70(73)111-77-65(90-83(99)106-49-56-35-21-10-22-36-56)69(94)71-62(109-77)50-101-75(112-71)57-37-23-11-24-38-57/h6-11,13-24,27-38,58-78,85,91-94H,12,25-26,39-51H2,1-5H3,(H,86,95)(H,87,96)(H,88,97)(H,89,98)(H,90,99)/t59-,60+,61+,62-,63-,64-,65-,66+,67-,68-,69-,70-,71-,72-,73-,74-,75?,76-,77-,78+/m1/s1. The highest BCUT2D eigenvalue weighted by Crippen LogP contribution is 2.42. The van der Waals surface area contributed by atoms with Gasteiger partial charge in [-0.2, -0.15) is 0 Å². The minimum Gasteiger partial charge on any atom is -0.445 e. The molecule has 4 saturated heterocycles. The molecule has 12 rings (SSSR count). The van der Waals surface area contributed by atoms with Crippen LogP contribution in [0.25, 0.3) is 0 Å². The van der Waals surface area contributed by atoms with Crippen molar-refractivity contribution in [2.45, 2.75) is 239 Å². The number of hydrogen-bond donors (Lipinski definition) is 10. The van der Waals surface area contributed by atoms with Crippen molar-refractivity contribution in [2.24, 2.45) is 0 Å². The van der Waals surface area contributed by atoms with Gasteiger partial charge in [0, 0.05) is 24.7 Å². The summed E-state index contributed by atoms with van der Waals surface area (Å²) in [4.78, 5) is 71.0. The first-order chi connectivity index (χ1) is 55.6. The van der Waals surface area contributed by atoms with Gasteiger partial charge in [0.1, 0.15) is 118 Å². The molecule has 0 spiro atoms. The number of carbonyl (C=O) groups is 5. The number of alkyl carbamates (subject to hydrolysis) is 5. The van der Waals surface area contributed by atoms with Gasteiger partial charge in [-0.1, -0.05) is 222 Å². The zero-order valence-corrected chi connectivity index (χ0v) is 66.2. The highest BCUT2D eigenvalue weighted by atomic mass is 28.4. The minimum absolute atomic E-state index is 0.0561. The number of benzene rings is 6. The van der Waals surface area contributed by atoms with Crippen LogP contribution in [0.1, 0.15) is 99.0 Å². The number of ether oxygens (including phenoxy) is 14. The fourth-order valence-corrected chi connectivity index (χ4v) is 15.4. The van der Waals surface area contributed by atoms with Gasteiger partial charge >= 0.3 is 30.5 Å². The molecule has 4 aliphatic heterocycles. The third kappa shape index (κ3) is 24.0. The number of hydrogen-bond acceptors (Lipinski definition) is 25. The van der Waals surface area contributed by atoms with Crippen LogP contribution in [0, 0.1) is 0 Å². The molecule has 2 saturated carbocycles. The third-order valence-corrected chi connectivity index (χ3v) is 26.3. The molecule has 1 unspecified atom stereocenters. The monoisotopic (exact) mass is 1610 g/mol. The molecule has 6 fully saturated rings. The summed E-state index contributed by atoms with van der Waals surface area (Å²) >= 11 is 0. The van der Waals surface area contributed by atoms with Gasteiger partial charge in [0.15, 0.2) is 33.5 Å². The van der Waals surface area contributed by atoms with E-state index in [9.17, 15) is 44.4 Å². The highest BCUT2D eigenvalue weighted by Gasteiger charge is 2.59. The van der Waals surface area contributed by atoms with Crippen LogP contribution in [-0.4, -0.2) is 214 Å². The zero-order chi connectivity index (χ0) is 80.9. The maximum atomic E-state index is 14.7. The number of fused-ring (bicyclic) bond motifs is 1. The predicted octanol–water partition coefficient (Wildman–Crippen LogP) is 8.71. The first-order valence-corrected chi connectivity index (χ1v) is 42.3. The van der Waals surface area contributed by atoms with E-state index < -0.39 is 173 Å². The Labute approximate surface area is 670 Å². The largest absolute Gasteiger partial charge is 0.445 e. The molecule has 6 aromatic carbocycles. The average molecular weight is 1610 g/mol. The number of amides is 5. The summed E-state index contributed by atoms with van der Waals surface area (Å²) < 4.78 is 97.8. The fourth-order valence-electron chi connectivity index (χ4n) is 14.4. The number of nitrogens with one attached hydrogen (secondary N) is 6. The summed E-state index contributed by atoms with van der Waals surface area (Å²) in [6, 6.07) is 47.7. The lowest BCUT2D eigenvalue weighted by Crippen LogP contribution is -2.71. The van der Waals surface area contributed by atoms with E-state index in [1.807, 2.05) is 64.2 Å². The van der Waals surface area contributed by atoms with Crippen molar-refractivity contribution < 1.29 is 115 Å². The average Bonchev–Trinajstić information content (AvgIpc) is 1.57. The molecule has 622 valence electrons. The molecule has 4 heterocycles. The second-order valence-corrected chi connectivity index (χ2v) is 35.8. The molecule has 5 amide bonds. The summed E-state index contributed by atoms with van der Waals surface area (Å²) in [5.41, 5.74) is 3.89. The van der Waals surface area contributed by atoms with E-state index in [2.05, 4.69) is 31.9 Å². The van der Waals surface area contributed by atoms with Crippen LogP contribution in [0.5, 0.6) is 0 Å². The highest BCUT2D eigenvalue weighted by molar-refractivity contribution is 6.74. The van der Waals surface area contributed by atoms with Crippen molar-refractivity contribution in [3.63, 3.8) is 0 Å². The predicted molar refractivity (Wildman–Crippen MR) is 416 cm³/mol. The summed E-state index contributed by atoms with van der Waals surface area (Å²) in [5.74, 6) is 0. The van der Waals surface area contributed by atoms with Crippen LogP contribution in [0.2, 0.25) is 18.1 Å². The molecule has 0 bridgehead atoms. The first-order valence-electron chi connectivity index (χ1n) is 39.4. The Morgan fingerprint density at radius 2 is 0.904 bits per heavy atom. The number of carbonyl (C=O) groups excluding carboxylic acids is 5. The zero-order valence-electron chi connectivity index (χ0n) is 65.2. The van der Waals surface area contributed by atoms with Crippen molar-refractivity contribution in [1.82, 2.24) is 31.9 Å². The van der Waals surface area contributed by atoms with E-state index in [0.29, 0.717) is 33.4 Å². The van der Waals surface area contributed by atoms with Gasteiger partial charge in [-0.05, 0) is 65.2 Å². The van der Waals surface area contributed by atoms with Gasteiger partial charge < -0.3 is 123 Å². The molecule has 6 aliphatic rings. The molecular weight excluding hydrogens is 1510 g/mol. The van der Waals surface area contributed by atoms with Crippen molar-refractivity contribution in [3.8, 4) is 0 Å². The molecule has 20 atom stereocenters. The molecule has 0 aromatic heterocycles. The van der Waals surface area contributed by atoms with Crippen molar-refractivity contribution in [3.05, 3.63) is 215 Å². The lowest BCUT2D eigenvalue weighted by molar-refractivity contribution is -0.358. The van der Waals surface area contributed by atoms with Crippen LogP contribution in [0.4, 0.5) is 24.0 Å². The Hall–Kier alpha value is -8.71. The molecule has 30 nitrogen and oxygen atoms in total. The van der Waals surface area contributed by atoms with Gasteiger partial charge in [0.25, 0.3) is 0 Å². The van der Waals surface area contributed by atoms with Gasteiger partial charge in [-0.25, -0.2) is 24.0 Å². The van der Waals surface area contributed by atoms with E-state index in [4.69, 9.17) is 70.7 Å². The Morgan fingerprint density at radius 3 is 1.42 bits per heavy atom. The number of rotatable bonds is 31. The topological polar surface area (TPSA) is 377 Å². The van der Waals surface area contributed by atoms with E-state index >= 15 is 0 Å². The van der Waals surface area contributed by atoms with Gasteiger partial charge in [-0.15, -0.1) is 0 Å². The van der Waals surface area contributed by atoms with Gasteiger partial charge in [0.2, 0.25) is 0 Å². The SMILES string of the molecule is CC(C)(C)[Si](C)(C)OC[C@H]1O[C@@H](O[C@@H]2[C@@H](O)[C@H](NC(=O)OCc3ccccc3)C[C@H](NC(=O)OCc3ccccc3)[C@H]2O[C@H]2O[C@@H]3COC(c4ccccc4)O[C@H]3[C@H](O)[C@H]2NC(=O)OCc2ccccc2)[C@H](OCCNC2CCCCC2)[C@@H]1O[C@H]1O[C@@H](CNC(=O)OCc2ccccc2)[C@@H](O)[C@H](O)[C@H]1NC(=O)OCc1ccccc1. The van der Waals surface area contributed by atoms with Gasteiger partial charge in [0.05, 0.1) is 31.9 Å². The van der Waals surface area contributed by atoms with Crippen LogP contribution in [-0.2, 0) is 104 Å². The smallest absolute Gasteiger partial charge is 0.407 e. The molecular formula is C84H108N6O24Si. The first kappa shape index (κ1) is 85.7. The quantitative estimate of drug-likeness (QED) is 0.0110. The molecule has 115 heavy (non-hydrogen) atoms. The second kappa shape index (κ2) is 41.4. The molecule has 31 heteroatoms. The molecule has 10 N–H and O–H groups in total. The molecule has 2 aliphatic carbocycles. The normalized spacial score (nSPS) is 29.0. The van der Waals surface area contributed by atoms with Crippen LogP contribution >= 0.6 is 0 Å². The summed E-state index contributed by atoms with van der Waals surface area (Å²) in [5, 5.41) is 67.8. The van der Waals surface area contributed by atoms with E-state index in [1.165, 1.54) is 0 Å². The van der Waals surface area contributed by atoms with Crippen LogP contribution < -0.4 is 31.9 Å². The van der Waals surface area contributed by atoms with E-state index in [1.54, 1.807) is 152 Å². The minimum atomic E-state index is -2.79. The van der Waals surface area contributed by atoms with E-state index in [-0.39, 0.29) is 71.9 Å². The molecule has 0 radical (unpaired) electrons. The summed E-state index contributed by atoms with van der Waals surface area (Å²) in [6.45, 7) is 8.67. The number of aliphatic hydroxyl groups is 4. The lowest BCUT2D eigenvalue weighted by Gasteiger charge is -2.51. The van der Waals surface area contributed by atoms with E-state index in [0.717, 1.165) is 32.1 Å². The Morgan fingerprint density at radius 1 is 0.461 bits per heavy atom. The van der Waals surface area contributed by atoms with Crippen molar-refractivity contribution in [2.75, 3.05) is 32.9 Å². The Bertz CT molecular complexity index is 3980. The third-order valence-electron chi connectivity index (χ3n) is 21.8. The lowest BCUT2D eigenvalue weighted by atomic mass is 9.83. The molecule has 6 aromatic rings. The summed E-state index contributed by atoms with van der Waals surface area (Å²) in [7, 11) is -2.79. The second-order valence-electron chi connectivity index (χ2n) is 31.0. The van der Waals surface area contributed by atoms with Crippen molar-refractivity contribution >= 4 is 38.8 Å². The Kier molecular flexibility index (Phi) is 30.8. The number of aliphatic hydroxyl groups excluding tert-OH is 4. The van der Waals surface area contributed by atoms with Crippen LogP contribution in [0.15, 0.2) is 182 Å². The maximum absolute atomic E-state index is 14.7. The summed E-state index contributed by atoms with van der Waals surface area (Å²) in [6.07, 6.45) is -25.2. The Balaban J connectivity index is 0.933.